The Labute approximate surface area is 188 Å². The summed E-state index contributed by atoms with van der Waals surface area (Å²) >= 11 is 0. The molecule has 0 spiro atoms. The van der Waals surface area contributed by atoms with Crippen molar-refractivity contribution in [3.63, 3.8) is 0 Å². The fourth-order valence-electron chi connectivity index (χ4n) is 4.18. The molecule has 0 aliphatic carbocycles. The summed E-state index contributed by atoms with van der Waals surface area (Å²) in [6, 6.07) is 12.2. The topological polar surface area (TPSA) is 65.1 Å². The number of unbranched alkanes of at least 4 members (excludes halogenated alkanes) is 2. The van der Waals surface area contributed by atoms with Gasteiger partial charge in [0.1, 0.15) is 11.6 Å². The van der Waals surface area contributed by atoms with Crippen LogP contribution in [0.1, 0.15) is 48.2 Å². The SMILES string of the molecule is CN(CCCCCc1cc(-c2cccc(F)c2)n[nH]1)C(=O)c1cccnc1N1CCCC1. The molecular formula is C25H30FN5O. The normalized spacial score (nSPS) is 13.5. The Morgan fingerprint density at radius 2 is 1.97 bits per heavy atom. The Kier molecular flexibility index (Phi) is 7.14. The largest absolute Gasteiger partial charge is 0.356 e. The van der Waals surface area contributed by atoms with Gasteiger partial charge in [-0.1, -0.05) is 18.6 Å². The van der Waals surface area contributed by atoms with Crippen LogP contribution in [0.3, 0.4) is 0 Å². The molecule has 1 aliphatic rings. The summed E-state index contributed by atoms with van der Waals surface area (Å²) in [6.45, 7) is 2.65. The molecular weight excluding hydrogens is 405 g/mol. The number of hydrogen-bond acceptors (Lipinski definition) is 4. The molecule has 6 nitrogen and oxygen atoms in total. The number of benzene rings is 1. The Balaban J connectivity index is 1.23. The van der Waals surface area contributed by atoms with Gasteiger partial charge in [-0.15, -0.1) is 0 Å². The summed E-state index contributed by atoms with van der Waals surface area (Å²) in [7, 11) is 1.86. The summed E-state index contributed by atoms with van der Waals surface area (Å²) in [5.41, 5.74) is 3.27. The number of aryl methyl sites for hydroxylation is 1. The summed E-state index contributed by atoms with van der Waals surface area (Å²) in [5.74, 6) is 0.591. The Morgan fingerprint density at radius 3 is 2.78 bits per heavy atom. The van der Waals surface area contributed by atoms with Crippen molar-refractivity contribution in [1.29, 1.82) is 0 Å². The highest BCUT2D eigenvalue weighted by atomic mass is 19.1. The van der Waals surface area contributed by atoms with E-state index < -0.39 is 0 Å². The molecule has 3 heterocycles. The van der Waals surface area contributed by atoms with Gasteiger partial charge in [0.2, 0.25) is 0 Å². The van der Waals surface area contributed by atoms with Crippen molar-refractivity contribution in [3.05, 3.63) is 65.7 Å². The molecule has 1 aliphatic heterocycles. The van der Waals surface area contributed by atoms with E-state index >= 15 is 0 Å². The molecule has 1 saturated heterocycles. The minimum absolute atomic E-state index is 0.0355. The molecule has 3 aromatic rings. The van der Waals surface area contributed by atoms with E-state index in [0.29, 0.717) is 12.1 Å². The average molecular weight is 436 g/mol. The smallest absolute Gasteiger partial charge is 0.257 e. The third-order valence-corrected chi connectivity index (χ3v) is 5.96. The predicted octanol–water partition coefficient (Wildman–Crippen LogP) is 4.70. The number of carbonyl (C=O) groups is 1. The third-order valence-electron chi connectivity index (χ3n) is 5.96. The maximum atomic E-state index is 13.4. The fraction of sp³-hybridized carbons (Fsp3) is 0.400. The van der Waals surface area contributed by atoms with Crippen LogP contribution in [0.5, 0.6) is 0 Å². The lowest BCUT2D eigenvalue weighted by atomic mass is 10.1. The number of aromatic nitrogens is 3. The van der Waals surface area contributed by atoms with Gasteiger partial charge in [-0.3, -0.25) is 9.89 Å². The van der Waals surface area contributed by atoms with Crippen LogP contribution in [-0.2, 0) is 6.42 Å². The molecule has 2 aromatic heterocycles. The van der Waals surface area contributed by atoms with Crippen LogP contribution in [0.15, 0.2) is 48.7 Å². The Bertz CT molecular complexity index is 1040. The monoisotopic (exact) mass is 435 g/mol. The molecule has 168 valence electrons. The number of H-pyrrole nitrogens is 1. The van der Waals surface area contributed by atoms with Crippen LogP contribution in [0.25, 0.3) is 11.3 Å². The molecule has 1 N–H and O–H groups in total. The lowest BCUT2D eigenvalue weighted by Gasteiger charge is -2.23. The molecule has 1 aromatic carbocycles. The zero-order valence-corrected chi connectivity index (χ0v) is 18.6. The van der Waals surface area contributed by atoms with E-state index in [1.807, 2.05) is 31.3 Å². The number of pyridine rings is 1. The molecule has 1 fully saturated rings. The first kappa shape index (κ1) is 22.0. The standard InChI is InChI=1S/C25H30FN5O/c1-30(25(32)22-12-8-13-27-24(22)31-15-5-6-16-31)14-4-2-3-11-21-18-23(29-28-21)19-9-7-10-20(26)17-19/h7-10,12-13,17-18H,2-6,11,14-16H2,1H3,(H,28,29). The number of nitrogens with one attached hydrogen (secondary N) is 1. The van der Waals surface area contributed by atoms with Gasteiger partial charge < -0.3 is 9.80 Å². The number of amides is 1. The lowest BCUT2D eigenvalue weighted by molar-refractivity contribution is 0.0793. The number of carbonyl (C=O) groups excluding carboxylic acids is 1. The van der Waals surface area contributed by atoms with Gasteiger partial charge in [-0.25, -0.2) is 9.37 Å². The molecule has 0 unspecified atom stereocenters. The van der Waals surface area contributed by atoms with Crippen LogP contribution in [-0.4, -0.2) is 52.7 Å². The van der Waals surface area contributed by atoms with Gasteiger partial charge in [-0.2, -0.15) is 5.10 Å². The highest BCUT2D eigenvalue weighted by Crippen LogP contribution is 2.23. The van der Waals surface area contributed by atoms with E-state index in [0.717, 1.165) is 74.4 Å². The van der Waals surface area contributed by atoms with Crippen molar-refractivity contribution < 1.29 is 9.18 Å². The van der Waals surface area contributed by atoms with E-state index in [1.165, 1.54) is 12.1 Å². The molecule has 0 atom stereocenters. The summed E-state index contributed by atoms with van der Waals surface area (Å²) < 4.78 is 13.4. The molecule has 7 heteroatoms. The van der Waals surface area contributed by atoms with Crippen LogP contribution in [0.2, 0.25) is 0 Å². The first-order chi connectivity index (χ1) is 15.6. The van der Waals surface area contributed by atoms with E-state index in [-0.39, 0.29) is 11.7 Å². The van der Waals surface area contributed by atoms with Crippen LogP contribution >= 0.6 is 0 Å². The van der Waals surface area contributed by atoms with E-state index in [4.69, 9.17) is 0 Å². The summed E-state index contributed by atoms with van der Waals surface area (Å²) in [5, 5.41) is 7.35. The van der Waals surface area contributed by atoms with Crippen molar-refractivity contribution in [3.8, 4) is 11.3 Å². The average Bonchev–Trinajstić information content (AvgIpc) is 3.51. The van der Waals surface area contributed by atoms with Crippen molar-refractivity contribution in [1.82, 2.24) is 20.1 Å². The van der Waals surface area contributed by atoms with E-state index in [2.05, 4.69) is 20.1 Å². The summed E-state index contributed by atoms with van der Waals surface area (Å²) in [6.07, 6.45) is 7.89. The predicted molar refractivity (Wildman–Crippen MR) is 124 cm³/mol. The second-order valence-corrected chi connectivity index (χ2v) is 8.39. The van der Waals surface area contributed by atoms with Crippen LogP contribution in [0.4, 0.5) is 10.2 Å². The number of hydrogen-bond donors (Lipinski definition) is 1. The van der Waals surface area contributed by atoms with Gasteiger partial charge in [-0.05, 0) is 62.4 Å². The summed E-state index contributed by atoms with van der Waals surface area (Å²) in [4.78, 5) is 21.5. The van der Waals surface area contributed by atoms with Crippen LogP contribution in [0, 0.1) is 5.82 Å². The minimum atomic E-state index is -0.260. The quantitative estimate of drug-likeness (QED) is 0.495. The zero-order chi connectivity index (χ0) is 22.3. The first-order valence-corrected chi connectivity index (χ1v) is 11.4. The molecule has 0 bridgehead atoms. The van der Waals surface area contributed by atoms with Crippen molar-refractivity contribution in [2.24, 2.45) is 0 Å². The highest BCUT2D eigenvalue weighted by Gasteiger charge is 2.22. The van der Waals surface area contributed by atoms with Crippen molar-refractivity contribution in [2.45, 2.75) is 38.5 Å². The molecule has 1 amide bonds. The molecule has 0 radical (unpaired) electrons. The fourth-order valence-corrected chi connectivity index (χ4v) is 4.18. The number of aromatic amines is 1. The minimum Gasteiger partial charge on any atom is -0.356 e. The molecule has 4 rings (SSSR count). The van der Waals surface area contributed by atoms with Gasteiger partial charge in [0.15, 0.2) is 0 Å². The Hall–Kier alpha value is -3.22. The van der Waals surface area contributed by atoms with Gasteiger partial charge >= 0.3 is 0 Å². The van der Waals surface area contributed by atoms with Crippen LogP contribution < -0.4 is 4.90 Å². The van der Waals surface area contributed by atoms with E-state index in [9.17, 15) is 9.18 Å². The second-order valence-electron chi connectivity index (χ2n) is 8.39. The van der Waals surface area contributed by atoms with E-state index in [1.54, 1.807) is 17.2 Å². The van der Waals surface area contributed by atoms with Gasteiger partial charge in [0, 0.05) is 44.1 Å². The second kappa shape index (κ2) is 10.4. The molecule has 0 saturated carbocycles. The maximum Gasteiger partial charge on any atom is 0.257 e. The number of halogens is 1. The zero-order valence-electron chi connectivity index (χ0n) is 18.6. The third kappa shape index (κ3) is 5.33. The molecule has 32 heavy (non-hydrogen) atoms. The number of anilines is 1. The van der Waals surface area contributed by atoms with Gasteiger partial charge in [0.25, 0.3) is 5.91 Å². The first-order valence-electron chi connectivity index (χ1n) is 11.4. The van der Waals surface area contributed by atoms with Gasteiger partial charge in [0.05, 0.1) is 11.3 Å². The van der Waals surface area contributed by atoms with Crippen molar-refractivity contribution >= 4 is 11.7 Å². The number of nitrogens with zero attached hydrogens (tertiary/aromatic N) is 4. The Morgan fingerprint density at radius 1 is 1.12 bits per heavy atom. The lowest BCUT2D eigenvalue weighted by Crippen LogP contribution is -2.30. The maximum absolute atomic E-state index is 13.4. The highest BCUT2D eigenvalue weighted by molar-refractivity contribution is 5.98. The van der Waals surface area contributed by atoms with Crippen molar-refractivity contribution in [2.75, 3.05) is 31.6 Å². The number of rotatable bonds is 9.